The van der Waals surface area contributed by atoms with E-state index in [0.29, 0.717) is 5.92 Å². The summed E-state index contributed by atoms with van der Waals surface area (Å²) in [4.78, 5) is 0. The number of aryl methyl sites for hydroxylation is 1. The van der Waals surface area contributed by atoms with E-state index in [9.17, 15) is 0 Å². The summed E-state index contributed by atoms with van der Waals surface area (Å²) in [6, 6.07) is 10.7. The van der Waals surface area contributed by atoms with Crippen LogP contribution in [0.2, 0.25) is 0 Å². The van der Waals surface area contributed by atoms with Gasteiger partial charge in [0.25, 0.3) is 0 Å². The quantitative estimate of drug-likeness (QED) is 0.454. The van der Waals surface area contributed by atoms with Gasteiger partial charge in [0.15, 0.2) is 0 Å². The minimum Gasteiger partial charge on any atom is -0.103 e. The molecule has 0 aliphatic carbocycles. The summed E-state index contributed by atoms with van der Waals surface area (Å²) in [5.41, 5.74) is 1.43. The molecule has 1 rings (SSSR count). The lowest BCUT2D eigenvalue weighted by Crippen LogP contribution is -1.94. The Morgan fingerprint density at radius 1 is 1.06 bits per heavy atom. The van der Waals surface area contributed by atoms with Gasteiger partial charge < -0.3 is 0 Å². The monoisotopic (exact) mass is 242 g/mol. The zero-order valence-electron chi connectivity index (χ0n) is 11.9. The third kappa shape index (κ3) is 7.17. The summed E-state index contributed by atoms with van der Waals surface area (Å²) in [5.74, 6) is 7.23. The van der Waals surface area contributed by atoms with Gasteiger partial charge in [-0.2, -0.15) is 0 Å². The Morgan fingerprint density at radius 3 is 2.56 bits per heavy atom. The third-order valence-corrected chi connectivity index (χ3v) is 3.21. The van der Waals surface area contributed by atoms with Crippen molar-refractivity contribution in [3.05, 3.63) is 35.9 Å². The average molecular weight is 242 g/mol. The van der Waals surface area contributed by atoms with Crippen molar-refractivity contribution in [3.63, 3.8) is 0 Å². The molecule has 0 aliphatic heterocycles. The molecule has 18 heavy (non-hydrogen) atoms. The minimum absolute atomic E-state index is 0.524. The Kier molecular flexibility index (Phi) is 8.06. The number of benzene rings is 1. The van der Waals surface area contributed by atoms with Gasteiger partial charge >= 0.3 is 0 Å². The molecule has 0 saturated heterocycles. The first kappa shape index (κ1) is 14.8. The number of unbranched alkanes of at least 4 members (excludes halogenated alkanes) is 4. The lowest BCUT2D eigenvalue weighted by Gasteiger charge is -2.03. The van der Waals surface area contributed by atoms with Crippen LogP contribution in [0.4, 0.5) is 0 Å². The zero-order valence-corrected chi connectivity index (χ0v) is 11.9. The highest BCUT2D eigenvalue weighted by Crippen LogP contribution is 2.09. The number of hydrogen-bond donors (Lipinski definition) is 0. The van der Waals surface area contributed by atoms with E-state index in [2.05, 4.69) is 56.0 Å². The fourth-order valence-corrected chi connectivity index (χ4v) is 1.99. The SMILES string of the molecule is CCCCCCC#CC(C)CCc1ccccc1. The van der Waals surface area contributed by atoms with Crippen molar-refractivity contribution < 1.29 is 0 Å². The smallest absolute Gasteiger partial charge is 0.0177 e. The summed E-state index contributed by atoms with van der Waals surface area (Å²) in [7, 11) is 0. The first-order valence-corrected chi connectivity index (χ1v) is 7.35. The molecular formula is C18H26. The minimum atomic E-state index is 0.524. The van der Waals surface area contributed by atoms with Gasteiger partial charge in [-0.15, -0.1) is 11.8 Å². The molecule has 0 heterocycles. The average Bonchev–Trinajstić information content (AvgIpc) is 2.41. The highest BCUT2D eigenvalue weighted by atomic mass is 14.0. The molecule has 0 aromatic heterocycles. The van der Waals surface area contributed by atoms with Crippen LogP contribution in [0, 0.1) is 17.8 Å². The van der Waals surface area contributed by atoms with Crippen LogP contribution in [-0.2, 0) is 6.42 Å². The molecule has 0 radical (unpaired) electrons. The molecule has 0 heteroatoms. The standard InChI is InChI=1S/C18H26/c1-3-4-5-6-7-9-12-17(2)15-16-18-13-10-8-11-14-18/h8,10-11,13-14,17H,3-7,15-16H2,1-2H3. The van der Waals surface area contributed by atoms with E-state index in [1.807, 2.05) is 0 Å². The van der Waals surface area contributed by atoms with Gasteiger partial charge in [0, 0.05) is 12.3 Å². The zero-order chi connectivity index (χ0) is 13.1. The van der Waals surface area contributed by atoms with Crippen molar-refractivity contribution in [2.24, 2.45) is 5.92 Å². The Labute approximate surface area is 113 Å². The Balaban J connectivity index is 2.13. The molecule has 0 amide bonds. The van der Waals surface area contributed by atoms with Gasteiger partial charge in [-0.25, -0.2) is 0 Å². The molecule has 0 nitrogen and oxygen atoms in total. The summed E-state index contributed by atoms with van der Waals surface area (Å²) < 4.78 is 0. The van der Waals surface area contributed by atoms with Crippen molar-refractivity contribution in [2.75, 3.05) is 0 Å². The van der Waals surface area contributed by atoms with Crippen LogP contribution in [0.15, 0.2) is 30.3 Å². The second-order valence-electron chi connectivity index (χ2n) is 5.06. The van der Waals surface area contributed by atoms with Gasteiger partial charge in [0.2, 0.25) is 0 Å². The fourth-order valence-electron chi connectivity index (χ4n) is 1.99. The molecule has 1 atom stereocenters. The van der Waals surface area contributed by atoms with E-state index in [0.717, 1.165) is 12.8 Å². The largest absolute Gasteiger partial charge is 0.103 e. The Hall–Kier alpha value is -1.22. The predicted octanol–water partition coefficient (Wildman–Crippen LogP) is 5.23. The molecule has 98 valence electrons. The molecule has 0 fully saturated rings. The molecule has 1 aromatic carbocycles. The van der Waals surface area contributed by atoms with E-state index in [1.54, 1.807) is 0 Å². The number of hydrogen-bond acceptors (Lipinski definition) is 0. The van der Waals surface area contributed by atoms with Crippen LogP contribution in [0.3, 0.4) is 0 Å². The molecule has 1 aromatic rings. The van der Waals surface area contributed by atoms with Crippen LogP contribution < -0.4 is 0 Å². The first-order valence-electron chi connectivity index (χ1n) is 7.35. The van der Waals surface area contributed by atoms with Crippen molar-refractivity contribution in [1.82, 2.24) is 0 Å². The molecule has 0 bridgehead atoms. The maximum atomic E-state index is 3.38. The molecular weight excluding hydrogens is 216 g/mol. The van der Waals surface area contributed by atoms with Gasteiger partial charge in [0.1, 0.15) is 0 Å². The summed E-state index contributed by atoms with van der Waals surface area (Å²) in [6.45, 7) is 4.49. The van der Waals surface area contributed by atoms with Crippen molar-refractivity contribution in [3.8, 4) is 11.8 Å². The summed E-state index contributed by atoms with van der Waals surface area (Å²) in [5, 5.41) is 0. The van der Waals surface area contributed by atoms with Crippen LogP contribution in [0.1, 0.15) is 57.9 Å². The summed E-state index contributed by atoms with van der Waals surface area (Å²) in [6.07, 6.45) is 8.66. The van der Waals surface area contributed by atoms with Crippen LogP contribution in [0.5, 0.6) is 0 Å². The van der Waals surface area contributed by atoms with Gasteiger partial charge in [0.05, 0.1) is 0 Å². The van der Waals surface area contributed by atoms with E-state index < -0.39 is 0 Å². The Morgan fingerprint density at radius 2 is 1.83 bits per heavy atom. The Bertz CT molecular complexity index is 353. The van der Waals surface area contributed by atoms with E-state index in [-0.39, 0.29) is 0 Å². The maximum absolute atomic E-state index is 3.38. The molecule has 1 unspecified atom stereocenters. The molecule has 0 aliphatic rings. The van der Waals surface area contributed by atoms with Gasteiger partial charge in [-0.05, 0) is 24.8 Å². The first-order chi connectivity index (χ1) is 8.83. The van der Waals surface area contributed by atoms with Crippen LogP contribution in [-0.4, -0.2) is 0 Å². The van der Waals surface area contributed by atoms with E-state index in [1.165, 1.54) is 37.7 Å². The van der Waals surface area contributed by atoms with Crippen molar-refractivity contribution in [1.29, 1.82) is 0 Å². The van der Waals surface area contributed by atoms with E-state index >= 15 is 0 Å². The topological polar surface area (TPSA) is 0 Å². The molecule has 0 spiro atoms. The second kappa shape index (κ2) is 9.77. The lowest BCUT2D eigenvalue weighted by molar-refractivity contribution is 0.662. The van der Waals surface area contributed by atoms with Gasteiger partial charge in [-0.3, -0.25) is 0 Å². The summed E-state index contributed by atoms with van der Waals surface area (Å²) >= 11 is 0. The number of rotatable bonds is 7. The van der Waals surface area contributed by atoms with Crippen LogP contribution >= 0.6 is 0 Å². The van der Waals surface area contributed by atoms with Crippen molar-refractivity contribution >= 4 is 0 Å². The van der Waals surface area contributed by atoms with Crippen molar-refractivity contribution in [2.45, 2.75) is 58.8 Å². The van der Waals surface area contributed by atoms with Crippen LogP contribution in [0.25, 0.3) is 0 Å². The second-order valence-corrected chi connectivity index (χ2v) is 5.06. The lowest BCUT2D eigenvalue weighted by atomic mass is 10.0. The van der Waals surface area contributed by atoms with Gasteiger partial charge in [-0.1, -0.05) is 63.4 Å². The molecule has 0 N–H and O–H groups in total. The predicted molar refractivity (Wildman–Crippen MR) is 80.5 cm³/mol. The highest BCUT2D eigenvalue weighted by molar-refractivity contribution is 5.15. The van der Waals surface area contributed by atoms with E-state index in [4.69, 9.17) is 0 Å². The maximum Gasteiger partial charge on any atom is 0.0177 e. The fraction of sp³-hybridized carbons (Fsp3) is 0.556. The normalized spacial score (nSPS) is 11.7. The highest BCUT2D eigenvalue weighted by Gasteiger charge is 1.98. The molecule has 0 saturated carbocycles. The third-order valence-electron chi connectivity index (χ3n) is 3.21.